The molecule has 0 bridgehead atoms. The maximum atomic E-state index is 13.9. The van der Waals surface area contributed by atoms with Gasteiger partial charge in [-0.15, -0.1) is 0 Å². The lowest BCUT2D eigenvalue weighted by Crippen LogP contribution is -2.15. The molecule has 0 aliphatic heterocycles. The number of hydrogen-bond donors (Lipinski definition) is 1. The normalized spacial score (nSPS) is 10.7. The summed E-state index contributed by atoms with van der Waals surface area (Å²) < 4.78 is 38.0. The molecule has 1 N–H and O–H groups in total. The first-order chi connectivity index (χ1) is 11.5. The van der Waals surface area contributed by atoms with Crippen molar-refractivity contribution in [1.82, 2.24) is 5.16 Å². The molecule has 0 spiro atoms. The number of nitrogens with zero attached hydrogens (tertiary/aromatic N) is 2. The number of hydrogen-bond acceptors (Lipinski definition) is 5. The number of nitrogens with one attached hydrogen (secondary N) is 1. The minimum absolute atomic E-state index is 0.0249. The van der Waals surface area contributed by atoms with Gasteiger partial charge in [0, 0.05) is 25.8 Å². The smallest absolute Gasteiger partial charge is 0.277 e. The lowest BCUT2D eigenvalue weighted by Gasteiger charge is -2.15. The van der Waals surface area contributed by atoms with Gasteiger partial charge in [-0.05, 0) is 24.3 Å². The molecule has 3 aromatic rings. The molecule has 0 radical (unpaired) electrons. The third-order valence-electron chi connectivity index (χ3n) is 3.23. The van der Waals surface area contributed by atoms with Crippen LogP contribution in [0.25, 0.3) is 11.5 Å². The molecular formula is C16H13F2N3O3. The van der Waals surface area contributed by atoms with E-state index in [9.17, 15) is 13.6 Å². The van der Waals surface area contributed by atoms with Crippen LogP contribution in [0.2, 0.25) is 0 Å². The molecule has 0 aliphatic rings. The summed E-state index contributed by atoms with van der Waals surface area (Å²) in [5.41, 5.74) is -0.253. The fraction of sp³-hybridized carbons (Fsp3) is 0.125. The third kappa shape index (κ3) is 2.98. The van der Waals surface area contributed by atoms with Crippen molar-refractivity contribution in [1.29, 1.82) is 0 Å². The summed E-state index contributed by atoms with van der Waals surface area (Å²) in [6.45, 7) is 0. The summed E-state index contributed by atoms with van der Waals surface area (Å²) >= 11 is 0. The minimum Gasteiger partial charge on any atom is -0.461 e. The molecule has 6 nitrogen and oxygen atoms in total. The number of furan rings is 1. The second kappa shape index (κ2) is 6.15. The number of benzene rings is 1. The number of carbonyl (C=O) groups excluding carboxylic acids is 1. The molecule has 1 amide bonds. The van der Waals surface area contributed by atoms with Crippen LogP contribution in [-0.2, 0) is 0 Å². The summed E-state index contributed by atoms with van der Waals surface area (Å²) in [5.74, 6) is -1.55. The zero-order chi connectivity index (χ0) is 17.3. The number of aromatic nitrogens is 1. The van der Waals surface area contributed by atoms with Gasteiger partial charge in [0.2, 0.25) is 5.76 Å². The van der Waals surface area contributed by atoms with E-state index in [4.69, 9.17) is 8.94 Å². The van der Waals surface area contributed by atoms with E-state index < -0.39 is 17.5 Å². The Labute approximate surface area is 135 Å². The second-order valence-electron chi connectivity index (χ2n) is 5.19. The first kappa shape index (κ1) is 15.7. The van der Waals surface area contributed by atoms with Crippen molar-refractivity contribution in [2.75, 3.05) is 24.3 Å². The Hall–Kier alpha value is -3.16. The highest BCUT2D eigenvalue weighted by atomic mass is 19.1. The van der Waals surface area contributed by atoms with Crippen molar-refractivity contribution in [3.63, 3.8) is 0 Å². The van der Waals surface area contributed by atoms with Gasteiger partial charge in [-0.1, -0.05) is 5.16 Å². The summed E-state index contributed by atoms with van der Waals surface area (Å²) in [4.78, 5) is 13.4. The lowest BCUT2D eigenvalue weighted by atomic mass is 10.2. The molecule has 2 aromatic heterocycles. The van der Waals surface area contributed by atoms with Crippen LogP contribution in [0.15, 0.2) is 45.5 Å². The fourth-order valence-corrected chi connectivity index (χ4v) is 2.18. The Morgan fingerprint density at radius 1 is 1.17 bits per heavy atom. The molecule has 0 saturated heterocycles. The molecule has 0 unspecified atom stereocenters. The molecular weight excluding hydrogens is 320 g/mol. The van der Waals surface area contributed by atoms with Crippen molar-refractivity contribution in [3.05, 3.63) is 53.9 Å². The topological polar surface area (TPSA) is 71.5 Å². The summed E-state index contributed by atoms with van der Waals surface area (Å²) in [6, 6.07) is 6.74. The minimum atomic E-state index is -0.785. The predicted molar refractivity (Wildman–Crippen MR) is 82.8 cm³/mol. The zero-order valence-corrected chi connectivity index (χ0v) is 12.8. The van der Waals surface area contributed by atoms with Crippen LogP contribution in [0.4, 0.5) is 20.2 Å². The number of carbonyl (C=O) groups is 1. The Bertz CT molecular complexity index is 850. The van der Waals surface area contributed by atoms with Gasteiger partial charge in [-0.2, -0.15) is 0 Å². The molecule has 0 fully saturated rings. The van der Waals surface area contributed by atoms with Crippen molar-refractivity contribution in [3.8, 4) is 11.5 Å². The van der Waals surface area contributed by atoms with Crippen LogP contribution in [0.5, 0.6) is 0 Å². The molecule has 0 aliphatic carbocycles. The van der Waals surface area contributed by atoms with Crippen LogP contribution in [-0.4, -0.2) is 25.2 Å². The SMILES string of the molecule is CN(C)c1c(F)cc(NC(=O)c2cc(-c3ccco3)on2)cc1F. The van der Waals surface area contributed by atoms with Gasteiger partial charge in [0.05, 0.1) is 6.26 Å². The highest BCUT2D eigenvalue weighted by Crippen LogP contribution is 2.26. The molecule has 8 heteroatoms. The second-order valence-corrected chi connectivity index (χ2v) is 5.19. The van der Waals surface area contributed by atoms with E-state index in [2.05, 4.69) is 10.5 Å². The van der Waals surface area contributed by atoms with Crippen LogP contribution >= 0.6 is 0 Å². The number of rotatable bonds is 4. The van der Waals surface area contributed by atoms with E-state index in [0.29, 0.717) is 5.76 Å². The van der Waals surface area contributed by atoms with E-state index in [1.807, 2.05) is 0 Å². The van der Waals surface area contributed by atoms with Crippen LogP contribution < -0.4 is 10.2 Å². The number of halogens is 2. The van der Waals surface area contributed by atoms with Crippen molar-refractivity contribution < 1.29 is 22.5 Å². The molecule has 1 aromatic carbocycles. The fourth-order valence-electron chi connectivity index (χ4n) is 2.18. The molecule has 2 heterocycles. The quantitative estimate of drug-likeness (QED) is 0.791. The Morgan fingerprint density at radius 3 is 2.46 bits per heavy atom. The van der Waals surface area contributed by atoms with Crippen molar-refractivity contribution >= 4 is 17.3 Å². The third-order valence-corrected chi connectivity index (χ3v) is 3.23. The Morgan fingerprint density at radius 2 is 1.88 bits per heavy atom. The van der Waals surface area contributed by atoms with E-state index in [-0.39, 0.29) is 22.8 Å². The van der Waals surface area contributed by atoms with Crippen molar-refractivity contribution in [2.24, 2.45) is 0 Å². The molecule has 0 saturated carbocycles. The molecule has 24 heavy (non-hydrogen) atoms. The van der Waals surface area contributed by atoms with Gasteiger partial charge >= 0.3 is 0 Å². The Kier molecular flexibility index (Phi) is 4.03. The average molecular weight is 333 g/mol. The monoisotopic (exact) mass is 333 g/mol. The Balaban J connectivity index is 1.80. The molecule has 3 rings (SSSR count). The number of anilines is 2. The predicted octanol–water partition coefficient (Wildman–Crippen LogP) is 3.53. The summed E-state index contributed by atoms with van der Waals surface area (Å²) in [5, 5.41) is 5.99. The van der Waals surface area contributed by atoms with Gasteiger partial charge < -0.3 is 19.2 Å². The summed E-state index contributed by atoms with van der Waals surface area (Å²) in [7, 11) is 3.04. The number of amides is 1. The zero-order valence-electron chi connectivity index (χ0n) is 12.8. The largest absolute Gasteiger partial charge is 0.461 e. The van der Waals surface area contributed by atoms with Crippen LogP contribution in [0, 0.1) is 11.6 Å². The first-order valence-electron chi connectivity index (χ1n) is 6.94. The van der Waals surface area contributed by atoms with E-state index in [1.165, 1.54) is 31.3 Å². The first-order valence-corrected chi connectivity index (χ1v) is 6.94. The maximum Gasteiger partial charge on any atom is 0.277 e. The van der Waals surface area contributed by atoms with E-state index >= 15 is 0 Å². The lowest BCUT2D eigenvalue weighted by molar-refractivity contribution is 0.101. The van der Waals surface area contributed by atoms with E-state index in [0.717, 1.165) is 12.1 Å². The van der Waals surface area contributed by atoms with Gasteiger partial charge in [0.1, 0.15) is 5.69 Å². The standard InChI is InChI=1S/C16H13F2N3O3/c1-21(2)15-10(17)6-9(7-11(15)18)19-16(22)12-8-14(24-20-12)13-4-3-5-23-13/h3-8H,1-2H3,(H,19,22). The van der Waals surface area contributed by atoms with Gasteiger partial charge in [0.25, 0.3) is 5.91 Å². The molecule has 124 valence electrons. The van der Waals surface area contributed by atoms with E-state index in [1.54, 1.807) is 12.1 Å². The summed E-state index contributed by atoms with van der Waals surface area (Å²) in [6.07, 6.45) is 1.45. The highest BCUT2D eigenvalue weighted by Gasteiger charge is 2.18. The highest BCUT2D eigenvalue weighted by molar-refractivity contribution is 6.03. The van der Waals surface area contributed by atoms with Gasteiger partial charge in [-0.3, -0.25) is 4.79 Å². The van der Waals surface area contributed by atoms with Gasteiger partial charge in [0.15, 0.2) is 23.1 Å². The van der Waals surface area contributed by atoms with Crippen molar-refractivity contribution in [2.45, 2.75) is 0 Å². The average Bonchev–Trinajstić information content (AvgIpc) is 3.17. The molecule has 0 atom stereocenters. The van der Waals surface area contributed by atoms with Crippen LogP contribution in [0.3, 0.4) is 0 Å². The van der Waals surface area contributed by atoms with Crippen LogP contribution in [0.1, 0.15) is 10.5 Å². The van der Waals surface area contributed by atoms with Gasteiger partial charge in [-0.25, -0.2) is 8.78 Å². The maximum absolute atomic E-state index is 13.9.